The average molecular weight is 502 g/mol. The predicted molar refractivity (Wildman–Crippen MR) is 124 cm³/mol. The van der Waals surface area contributed by atoms with Crippen molar-refractivity contribution in [3.8, 4) is 0 Å². The van der Waals surface area contributed by atoms with Crippen molar-refractivity contribution in [3.63, 3.8) is 0 Å². The second-order valence-corrected chi connectivity index (χ2v) is 7.57. The number of halogens is 1. The van der Waals surface area contributed by atoms with Crippen LogP contribution in [0.15, 0.2) is 35.3 Å². The van der Waals surface area contributed by atoms with Crippen molar-refractivity contribution in [2.45, 2.75) is 26.0 Å². The van der Waals surface area contributed by atoms with Crippen molar-refractivity contribution in [2.24, 2.45) is 10.9 Å². The van der Waals surface area contributed by atoms with Gasteiger partial charge in [0.1, 0.15) is 0 Å². The van der Waals surface area contributed by atoms with Gasteiger partial charge in [-0.15, -0.1) is 24.0 Å². The zero-order valence-corrected chi connectivity index (χ0v) is 19.5. The Morgan fingerprint density at radius 2 is 2.00 bits per heavy atom. The quantitative estimate of drug-likeness (QED) is 0.353. The molecule has 0 saturated carbocycles. The molecule has 6 nitrogen and oxygen atoms in total. The Kier molecular flexibility index (Phi) is 10.5. The van der Waals surface area contributed by atoms with E-state index in [2.05, 4.69) is 39.2 Å². The van der Waals surface area contributed by atoms with Gasteiger partial charge in [0.25, 0.3) is 0 Å². The van der Waals surface area contributed by atoms with Crippen LogP contribution in [0.3, 0.4) is 0 Å². The lowest BCUT2D eigenvalue weighted by Gasteiger charge is -2.32. The fourth-order valence-electron chi connectivity index (χ4n) is 3.78. The van der Waals surface area contributed by atoms with Crippen LogP contribution in [0, 0.1) is 5.92 Å². The largest absolute Gasteiger partial charge is 0.379 e. The highest BCUT2D eigenvalue weighted by Gasteiger charge is 2.30. The third-order valence-electron chi connectivity index (χ3n) is 5.36. The lowest BCUT2D eigenvalue weighted by Crippen LogP contribution is -2.47. The normalized spacial score (nSPS) is 22.0. The standard InChI is InChI=1S/C21H34N4O2.HI/c1-18(16-27-17-19-6-4-3-5-7-19)14-23-21(22-2)25-9-8-20(15-25)24-10-12-26-13-11-24;/h3-7,18,20H,8-17H2,1-2H3,(H,22,23);1H. The molecule has 0 spiro atoms. The number of ether oxygens (including phenoxy) is 2. The number of morpholine rings is 1. The highest BCUT2D eigenvalue weighted by molar-refractivity contribution is 14.0. The topological polar surface area (TPSA) is 49.3 Å². The minimum atomic E-state index is 0. The smallest absolute Gasteiger partial charge is 0.193 e. The van der Waals surface area contributed by atoms with Crippen molar-refractivity contribution < 1.29 is 9.47 Å². The van der Waals surface area contributed by atoms with Gasteiger partial charge in [0.15, 0.2) is 5.96 Å². The highest BCUT2D eigenvalue weighted by Crippen LogP contribution is 2.17. The first-order valence-corrected chi connectivity index (χ1v) is 10.2. The number of rotatable bonds is 7. The Morgan fingerprint density at radius 1 is 1.25 bits per heavy atom. The summed E-state index contributed by atoms with van der Waals surface area (Å²) in [6.45, 7) is 10.5. The number of nitrogens with zero attached hydrogens (tertiary/aromatic N) is 3. The summed E-state index contributed by atoms with van der Waals surface area (Å²) in [4.78, 5) is 9.45. The molecule has 158 valence electrons. The number of benzene rings is 1. The summed E-state index contributed by atoms with van der Waals surface area (Å²) in [5, 5.41) is 3.54. The van der Waals surface area contributed by atoms with Crippen LogP contribution < -0.4 is 5.32 Å². The summed E-state index contributed by atoms with van der Waals surface area (Å²) in [5.74, 6) is 1.45. The Bertz CT molecular complexity index is 581. The van der Waals surface area contributed by atoms with E-state index in [0.29, 0.717) is 18.6 Å². The number of guanidine groups is 1. The third kappa shape index (κ3) is 7.17. The summed E-state index contributed by atoms with van der Waals surface area (Å²) in [7, 11) is 1.88. The SMILES string of the molecule is CN=C(NCC(C)COCc1ccccc1)N1CCC(N2CCOCC2)C1.I. The molecule has 1 N–H and O–H groups in total. The van der Waals surface area contributed by atoms with E-state index in [0.717, 1.165) is 58.5 Å². The summed E-state index contributed by atoms with van der Waals surface area (Å²) in [6.07, 6.45) is 1.20. The first kappa shape index (κ1) is 23.4. The molecular weight excluding hydrogens is 467 g/mol. The van der Waals surface area contributed by atoms with Gasteiger partial charge < -0.3 is 19.7 Å². The highest BCUT2D eigenvalue weighted by atomic mass is 127. The van der Waals surface area contributed by atoms with E-state index in [1.54, 1.807) is 0 Å². The van der Waals surface area contributed by atoms with E-state index in [1.165, 1.54) is 12.0 Å². The predicted octanol–water partition coefficient (Wildman–Crippen LogP) is 2.44. The van der Waals surface area contributed by atoms with Gasteiger partial charge in [-0.1, -0.05) is 37.3 Å². The molecule has 1 aromatic carbocycles. The number of hydrogen-bond donors (Lipinski definition) is 1. The molecule has 7 heteroatoms. The number of hydrogen-bond acceptors (Lipinski definition) is 4. The Hall–Kier alpha value is -0.900. The Morgan fingerprint density at radius 3 is 2.71 bits per heavy atom. The molecule has 0 radical (unpaired) electrons. The van der Waals surface area contributed by atoms with E-state index in [9.17, 15) is 0 Å². The van der Waals surface area contributed by atoms with Crippen LogP contribution in [0.2, 0.25) is 0 Å². The maximum atomic E-state index is 5.86. The lowest BCUT2D eigenvalue weighted by molar-refractivity contribution is 0.0194. The molecule has 2 heterocycles. The van der Waals surface area contributed by atoms with Crippen LogP contribution in [-0.4, -0.2) is 81.4 Å². The second kappa shape index (κ2) is 12.6. The molecule has 2 aliphatic heterocycles. The van der Waals surface area contributed by atoms with Crippen LogP contribution >= 0.6 is 24.0 Å². The molecule has 1 aromatic rings. The summed E-state index contributed by atoms with van der Waals surface area (Å²) < 4.78 is 11.3. The first-order valence-electron chi connectivity index (χ1n) is 10.2. The molecule has 0 aliphatic carbocycles. The Labute approximate surface area is 186 Å². The van der Waals surface area contributed by atoms with Crippen LogP contribution in [0.1, 0.15) is 18.9 Å². The minimum Gasteiger partial charge on any atom is -0.379 e. The van der Waals surface area contributed by atoms with Gasteiger partial charge in [0.2, 0.25) is 0 Å². The molecule has 0 bridgehead atoms. The van der Waals surface area contributed by atoms with E-state index in [4.69, 9.17) is 9.47 Å². The van der Waals surface area contributed by atoms with Gasteiger partial charge in [-0.3, -0.25) is 9.89 Å². The molecule has 2 atom stereocenters. The van der Waals surface area contributed by atoms with Crippen molar-refractivity contribution in [2.75, 3.05) is 59.6 Å². The van der Waals surface area contributed by atoms with Crippen molar-refractivity contribution >= 4 is 29.9 Å². The molecule has 2 aliphatic rings. The van der Waals surface area contributed by atoms with Crippen molar-refractivity contribution in [1.29, 1.82) is 0 Å². The molecule has 0 aromatic heterocycles. The van der Waals surface area contributed by atoms with Gasteiger partial charge >= 0.3 is 0 Å². The van der Waals surface area contributed by atoms with Gasteiger partial charge in [-0.05, 0) is 17.9 Å². The van der Waals surface area contributed by atoms with E-state index >= 15 is 0 Å². The summed E-state index contributed by atoms with van der Waals surface area (Å²) >= 11 is 0. The van der Waals surface area contributed by atoms with Gasteiger partial charge in [-0.2, -0.15) is 0 Å². The molecule has 3 rings (SSSR count). The summed E-state index contributed by atoms with van der Waals surface area (Å²) in [6, 6.07) is 11.0. The van der Waals surface area contributed by atoms with E-state index in [-0.39, 0.29) is 24.0 Å². The molecular formula is C21H35IN4O2. The van der Waals surface area contributed by atoms with Crippen LogP contribution in [0.5, 0.6) is 0 Å². The number of likely N-dealkylation sites (tertiary alicyclic amines) is 1. The fraction of sp³-hybridized carbons (Fsp3) is 0.667. The lowest BCUT2D eigenvalue weighted by atomic mass is 10.2. The second-order valence-electron chi connectivity index (χ2n) is 7.57. The third-order valence-corrected chi connectivity index (χ3v) is 5.36. The zero-order valence-electron chi connectivity index (χ0n) is 17.2. The maximum Gasteiger partial charge on any atom is 0.193 e. The van der Waals surface area contributed by atoms with Gasteiger partial charge in [0, 0.05) is 45.8 Å². The van der Waals surface area contributed by atoms with Crippen LogP contribution in [-0.2, 0) is 16.1 Å². The zero-order chi connectivity index (χ0) is 18.9. The fourth-order valence-corrected chi connectivity index (χ4v) is 3.78. The van der Waals surface area contributed by atoms with Crippen LogP contribution in [0.4, 0.5) is 0 Å². The molecule has 28 heavy (non-hydrogen) atoms. The molecule has 2 saturated heterocycles. The van der Waals surface area contributed by atoms with E-state index < -0.39 is 0 Å². The van der Waals surface area contributed by atoms with Crippen LogP contribution in [0.25, 0.3) is 0 Å². The van der Waals surface area contributed by atoms with Gasteiger partial charge in [0.05, 0.1) is 26.4 Å². The van der Waals surface area contributed by atoms with Gasteiger partial charge in [-0.25, -0.2) is 0 Å². The summed E-state index contributed by atoms with van der Waals surface area (Å²) in [5.41, 5.74) is 1.22. The molecule has 2 unspecified atom stereocenters. The number of aliphatic imine (C=N–C) groups is 1. The average Bonchev–Trinajstić information content (AvgIpc) is 3.20. The monoisotopic (exact) mass is 502 g/mol. The minimum absolute atomic E-state index is 0. The molecule has 0 amide bonds. The van der Waals surface area contributed by atoms with Crippen molar-refractivity contribution in [3.05, 3.63) is 35.9 Å². The maximum absolute atomic E-state index is 5.86. The number of nitrogens with one attached hydrogen (secondary N) is 1. The van der Waals surface area contributed by atoms with E-state index in [1.807, 2.05) is 25.2 Å². The van der Waals surface area contributed by atoms with Crippen molar-refractivity contribution in [1.82, 2.24) is 15.1 Å². The molecule has 2 fully saturated rings. The first-order chi connectivity index (χ1) is 13.3. The Balaban J connectivity index is 0.00000280.